The third-order valence-electron chi connectivity index (χ3n) is 3.05. The fourth-order valence-electron chi connectivity index (χ4n) is 1.92. The normalized spacial score (nSPS) is 10.9. The molecule has 0 spiro atoms. The Hall–Kier alpha value is -1.68. The quantitative estimate of drug-likeness (QED) is 0.657. The number of nitrogens with zero attached hydrogens (tertiary/aromatic N) is 1. The first-order valence-electron chi connectivity index (χ1n) is 6.47. The van der Waals surface area contributed by atoms with E-state index in [1.807, 2.05) is 0 Å². The maximum atomic E-state index is 7.66. The zero-order chi connectivity index (χ0) is 14.0. The summed E-state index contributed by atoms with van der Waals surface area (Å²) in [5.41, 5.74) is 8.98. The van der Waals surface area contributed by atoms with E-state index in [1.165, 1.54) is 16.9 Å². The van der Waals surface area contributed by atoms with Crippen molar-refractivity contribution < 1.29 is 0 Å². The molecular weight excluding hydrogens is 254 g/mol. The summed E-state index contributed by atoms with van der Waals surface area (Å²) >= 11 is 1.50. The number of hydrogen-bond donors (Lipinski definition) is 2. The fraction of sp³-hybridized carbons (Fsp3) is 0.333. The summed E-state index contributed by atoms with van der Waals surface area (Å²) in [4.78, 5) is 5.45. The summed E-state index contributed by atoms with van der Waals surface area (Å²) < 4.78 is 0. The molecule has 0 saturated heterocycles. The molecule has 0 aliphatic rings. The van der Waals surface area contributed by atoms with E-state index in [9.17, 15) is 0 Å². The Bertz CT molecular complexity index is 582. The van der Waals surface area contributed by atoms with Gasteiger partial charge < -0.3 is 5.73 Å². The SMILES string of the molecule is CCc1ccc(-c2nc(C(C)C)c(C(=N)N)s2)cc1. The highest BCUT2D eigenvalue weighted by molar-refractivity contribution is 7.17. The van der Waals surface area contributed by atoms with Gasteiger partial charge in [0.25, 0.3) is 0 Å². The summed E-state index contributed by atoms with van der Waals surface area (Å²) in [6, 6.07) is 8.43. The van der Waals surface area contributed by atoms with Gasteiger partial charge in [0.1, 0.15) is 10.8 Å². The predicted molar refractivity (Wildman–Crippen MR) is 82.0 cm³/mol. The monoisotopic (exact) mass is 273 g/mol. The molecule has 2 aromatic rings. The van der Waals surface area contributed by atoms with Crippen LogP contribution in [0.1, 0.15) is 42.8 Å². The van der Waals surface area contributed by atoms with Gasteiger partial charge in [-0.25, -0.2) is 4.98 Å². The van der Waals surface area contributed by atoms with Crippen LogP contribution in [0.25, 0.3) is 10.6 Å². The van der Waals surface area contributed by atoms with Crippen LogP contribution in [0.3, 0.4) is 0 Å². The van der Waals surface area contributed by atoms with Crippen LogP contribution in [0, 0.1) is 5.41 Å². The Balaban J connectivity index is 2.44. The van der Waals surface area contributed by atoms with Gasteiger partial charge in [0.2, 0.25) is 0 Å². The van der Waals surface area contributed by atoms with E-state index in [4.69, 9.17) is 11.1 Å². The van der Waals surface area contributed by atoms with E-state index in [2.05, 4.69) is 50.0 Å². The number of hydrogen-bond acceptors (Lipinski definition) is 3. The Kier molecular flexibility index (Phi) is 4.00. The van der Waals surface area contributed by atoms with Crippen molar-refractivity contribution in [2.75, 3.05) is 0 Å². The maximum absolute atomic E-state index is 7.66. The lowest BCUT2D eigenvalue weighted by atomic mass is 10.1. The van der Waals surface area contributed by atoms with Gasteiger partial charge in [-0.15, -0.1) is 11.3 Å². The summed E-state index contributed by atoms with van der Waals surface area (Å²) in [6.07, 6.45) is 1.04. The number of thiazole rings is 1. The van der Waals surface area contributed by atoms with Crippen LogP contribution in [0.15, 0.2) is 24.3 Å². The van der Waals surface area contributed by atoms with Crippen molar-refractivity contribution in [1.29, 1.82) is 5.41 Å². The summed E-state index contributed by atoms with van der Waals surface area (Å²) in [7, 11) is 0. The fourth-order valence-corrected chi connectivity index (χ4v) is 3.01. The number of nitrogens with two attached hydrogens (primary N) is 1. The molecule has 2 rings (SSSR count). The van der Waals surface area contributed by atoms with Gasteiger partial charge in [0.15, 0.2) is 0 Å². The lowest BCUT2D eigenvalue weighted by Crippen LogP contribution is -2.12. The summed E-state index contributed by atoms with van der Waals surface area (Å²) in [5, 5.41) is 8.60. The molecule has 3 nitrogen and oxygen atoms in total. The predicted octanol–water partition coefficient (Wildman–Crippen LogP) is 3.78. The molecule has 100 valence electrons. The van der Waals surface area contributed by atoms with E-state index < -0.39 is 0 Å². The maximum Gasteiger partial charge on any atom is 0.135 e. The minimum atomic E-state index is 0.109. The summed E-state index contributed by atoms with van der Waals surface area (Å²) in [5.74, 6) is 0.386. The number of benzene rings is 1. The molecule has 3 N–H and O–H groups in total. The largest absolute Gasteiger partial charge is 0.383 e. The number of rotatable bonds is 4. The topological polar surface area (TPSA) is 62.8 Å². The molecule has 1 aromatic carbocycles. The molecule has 0 saturated carbocycles. The van der Waals surface area contributed by atoms with Crippen LogP contribution in [-0.4, -0.2) is 10.8 Å². The average Bonchev–Trinajstić information content (AvgIpc) is 2.84. The van der Waals surface area contributed by atoms with Crippen molar-refractivity contribution in [3.63, 3.8) is 0 Å². The molecule has 0 radical (unpaired) electrons. The van der Waals surface area contributed by atoms with E-state index in [0.29, 0.717) is 0 Å². The molecule has 4 heteroatoms. The van der Waals surface area contributed by atoms with Crippen molar-refractivity contribution in [2.24, 2.45) is 5.73 Å². The molecule has 19 heavy (non-hydrogen) atoms. The van der Waals surface area contributed by atoms with E-state index in [1.54, 1.807) is 0 Å². The zero-order valence-electron chi connectivity index (χ0n) is 11.5. The van der Waals surface area contributed by atoms with Crippen molar-refractivity contribution in [2.45, 2.75) is 33.1 Å². The Morgan fingerprint density at radius 3 is 2.37 bits per heavy atom. The van der Waals surface area contributed by atoms with E-state index in [0.717, 1.165) is 27.6 Å². The van der Waals surface area contributed by atoms with Crippen molar-refractivity contribution in [1.82, 2.24) is 4.98 Å². The first kappa shape index (κ1) is 13.7. The second kappa shape index (κ2) is 5.53. The van der Waals surface area contributed by atoms with Crippen molar-refractivity contribution in [3.05, 3.63) is 40.4 Å². The third kappa shape index (κ3) is 2.84. The lowest BCUT2D eigenvalue weighted by Gasteiger charge is -2.02. The van der Waals surface area contributed by atoms with Gasteiger partial charge in [-0.3, -0.25) is 5.41 Å². The number of nitrogen functional groups attached to an aromatic ring is 1. The molecule has 0 fully saturated rings. The number of amidine groups is 1. The minimum absolute atomic E-state index is 0.109. The first-order valence-corrected chi connectivity index (χ1v) is 7.29. The average molecular weight is 273 g/mol. The Morgan fingerprint density at radius 1 is 1.32 bits per heavy atom. The second-order valence-corrected chi connectivity index (χ2v) is 5.85. The molecule has 0 unspecified atom stereocenters. The molecule has 0 bridgehead atoms. The molecule has 1 aromatic heterocycles. The van der Waals surface area contributed by atoms with Crippen LogP contribution in [-0.2, 0) is 6.42 Å². The van der Waals surface area contributed by atoms with Gasteiger partial charge in [0.05, 0.1) is 10.6 Å². The van der Waals surface area contributed by atoms with Gasteiger partial charge in [-0.05, 0) is 17.9 Å². The highest BCUT2D eigenvalue weighted by Gasteiger charge is 2.17. The molecule has 1 heterocycles. The third-order valence-corrected chi connectivity index (χ3v) is 4.21. The first-order chi connectivity index (χ1) is 9.02. The molecule has 0 amide bonds. The molecular formula is C15H19N3S. The van der Waals surface area contributed by atoms with Crippen LogP contribution < -0.4 is 5.73 Å². The smallest absolute Gasteiger partial charge is 0.135 e. The second-order valence-electron chi connectivity index (χ2n) is 4.85. The highest BCUT2D eigenvalue weighted by Crippen LogP contribution is 2.31. The number of aryl methyl sites for hydroxylation is 1. The Labute approximate surface area is 118 Å². The molecule has 0 aliphatic carbocycles. The van der Waals surface area contributed by atoms with Gasteiger partial charge in [-0.1, -0.05) is 45.0 Å². The van der Waals surface area contributed by atoms with Crippen molar-refractivity contribution in [3.8, 4) is 10.6 Å². The lowest BCUT2D eigenvalue weighted by molar-refractivity contribution is 0.831. The van der Waals surface area contributed by atoms with Gasteiger partial charge >= 0.3 is 0 Å². The van der Waals surface area contributed by atoms with Crippen LogP contribution in [0.4, 0.5) is 0 Å². The molecule has 0 aliphatic heterocycles. The Morgan fingerprint density at radius 2 is 1.95 bits per heavy atom. The van der Waals surface area contributed by atoms with Crippen molar-refractivity contribution >= 4 is 17.2 Å². The summed E-state index contributed by atoms with van der Waals surface area (Å²) in [6.45, 7) is 6.29. The van der Waals surface area contributed by atoms with Crippen LogP contribution >= 0.6 is 11.3 Å². The minimum Gasteiger partial charge on any atom is -0.383 e. The standard InChI is InChI=1S/C15H19N3S/c1-4-10-5-7-11(8-6-10)15-18-12(9(2)3)13(19-15)14(16)17/h5-9H,4H2,1-3H3,(H3,16,17). The number of aromatic nitrogens is 1. The highest BCUT2D eigenvalue weighted by atomic mass is 32.1. The molecule has 0 atom stereocenters. The number of nitrogens with one attached hydrogen (secondary N) is 1. The van der Waals surface area contributed by atoms with E-state index in [-0.39, 0.29) is 11.8 Å². The van der Waals surface area contributed by atoms with Crippen LogP contribution in [0.5, 0.6) is 0 Å². The van der Waals surface area contributed by atoms with E-state index >= 15 is 0 Å². The van der Waals surface area contributed by atoms with Crippen LogP contribution in [0.2, 0.25) is 0 Å². The van der Waals surface area contributed by atoms with Gasteiger partial charge in [-0.2, -0.15) is 0 Å². The zero-order valence-corrected chi connectivity index (χ0v) is 12.3. The van der Waals surface area contributed by atoms with Gasteiger partial charge in [0, 0.05) is 5.56 Å².